The molecule has 2 heterocycles. The van der Waals surface area contributed by atoms with Crippen molar-refractivity contribution in [2.75, 3.05) is 13.2 Å². The summed E-state index contributed by atoms with van der Waals surface area (Å²) >= 11 is 0. The van der Waals surface area contributed by atoms with E-state index in [4.69, 9.17) is 11.1 Å². The third-order valence-corrected chi connectivity index (χ3v) is 6.68. The molecule has 0 bridgehead atoms. The summed E-state index contributed by atoms with van der Waals surface area (Å²) in [6.45, 7) is 12.7. The van der Waals surface area contributed by atoms with E-state index in [0.717, 1.165) is 63.0 Å². The SMILES string of the molecule is CC/C(C)=C\C(C)=N.CC1CCC(=O)NC1.Cc1ncc(C(N)C2CCC(C)(CF)CC2)[nH]1. The molecule has 1 saturated carbocycles. The second-order valence-corrected chi connectivity index (χ2v) is 10.2. The van der Waals surface area contributed by atoms with Crippen LogP contribution in [0.2, 0.25) is 0 Å². The van der Waals surface area contributed by atoms with Crippen LogP contribution in [0.5, 0.6) is 0 Å². The van der Waals surface area contributed by atoms with E-state index in [2.05, 4.69) is 29.1 Å². The molecule has 33 heavy (non-hydrogen) atoms. The number of alkyl halides is 1. The lowest BCUT2D eigenvalue weighted by atomic mass is 9.70. The third-order valence-electron chi connectivity index (χ3n) is 6.68. The van der Waals surface area contributed by atoms with E-state index < -0.39 is 0 Å². The Kier molecular flexibility index (Phi) is 12.6. The number of carbonyl (C=O) groups is 1. The summed E-state index contributed by atoms with van der Waals surface area (Å²) in [6.07, 6.45) is 10.5. The molecule has 0 spiro atoms. The summed E-state index contributed by atoms with van der Waals surface area (Å²) in [5, 5.41) is 9.84. The van der Waals surface area contributed by atoms with Gasteiger partial charge in [-0.25, -0.2) is 4.98 Å². The number of hydrogen-bond acceptors (Lipinski definition) is 4. The number of rotatable bonds is 5. The number of nitrogens with zero attached hydrogens (tertiary/aromatic N) is 1. The van der Waals surface area contributed by atoms with Gasteiger partial charge in [-0.15, -0.1) is 0 Å². The lowest BCUT2D eigenvalue weighted by molar-refractivity contribution is -0.122. The molecule has 1 aliphatic carbocycles. The number of amides is 1. The van der Waals surface area contributed by atoms with E-state index in [9.17, 15) is 9.18 Å². The first kappa shape index (κ1) is 29.0. The summed E-state index contributed by atoms with van der Waals surface area (Å²) in [4.78, 5) is 17.9. The van der Waals surface area contributed by atoms with Crippen molar-refractivity contribution in [3.8, 4) is 0 Å². The number of nitrogens with one attached hydrogen (secondary N) is 3. The van der Waals surface area contributed by atoms with E-state index in [1.54, 1.807) is 6.92 Å². The minimum Gasteiger partial charge on any atom is -0.356 e. The number of H-pyrrole nitrogens is 1. The predicted octanol–water partition coefficient (Wildman–Crippen LogP) is 5.80. The highest BCUT2D eigenvalue weighted by Crippen LogP contribution is 2.42. The van der Waals surface area contributed by atoms with E-state index in [1.807, 2.05) is 33.0 Å². The maximum absolute atomic E-state index is 12.9. The number of aromatic amines is 1. The van der Waals surface area contributed by atoms with Crippen LogP contribution < -0.4 is 11.1 Å². The van der Waals surface area contributed by atoms with Crippen LogP contribution in [-0.4, -0.2) is 34.8 Å². The second kappa shape index (κ2) is 14.3. The van der Waals surface area contributed by atoms with Gasteiger partial charge in [0.15, 0.2) is 0 Å². The summed E-state index contributed by atoms with van der Waals surface area (Å²) in [5.41, 5.74) is 9.07. The van der Waals surface area contributed by atoms with Crippen LogP contribution in [0, 0.1) is 29.6 Å². The molecular weight excluding hydrogens is 417 g/mol. The molecule has 0 aromatic carbocycles. The van der Waals surface area contributed by atoms with Gasteiger partial charge in [-0.2, -0.15) is 0 Å². The Hall–Kier alpha value is -2.02. The number of hydrogen-bond donors (Lipinski definition) is 4. The Bertz CT molecular complexity index is 754. The van der Waals surface area contributed by atoms with Crippen molar-refractivity contribution < 1.29 is 9.18 Å². The Balaban J connectivity index is 0.000000285. The fourth-order valence-corrected chi connectivity index (χ4v) is 4.02. The Morgan fingerprint density at radius 1 is 1.36 bits per heavy atom. The van der Waals surface area contributed by atoms with Crippen molar-refractivity contribution in [2.45, 2.75) is 92.5 Å². The van der Waals surface area contributed by atoms with Crippen LogP contribution >= 0.6 is 0 Å². The number of nitrogens with two attached hydrogens (primary N) is 1. The van der Waals surface area contributed by atoms with Crippen LogP contribution in [0.1, 0.15) is 97.1 Å². The number of carbonyl (C=O) groups excluding carboxylic acids is 1. The molecule has 2 fully saturated rings. The molecule has 2 atom stereocenters. The molecule has 188 valence electrons. The zero-order valence-corrected chi connectivity index (χ0v) is 21.6. The molecular formula is C26H46FN5O. The highest BCUT2D eigenvalue weighted by atomic mass is 19.1. The van der Waals surface area contributed by atoms with Crippen LogP contribution in [0.3, 0.4) is 0 Å². The lowest BCUT2D eigenvalue weighted by Gasteiger charge is -2.37. The summed E-state index contributed by atoms with van der Waals surface area (Å²) in [6, 6.07) is 0.0142. The van der Waals surface area contributed by atoms with E-state index in [-0.39, 0.29) is 24.0 Å². The molecule has 1 saturated heterocycles. The van der Waals surface area contributed by atoms with E-state index in [1.165, 1.54) is 5.57 Å². The Morgan fingerprint density at radius 2 is 2.00 bits per heavy atom. The smallest absolute Gasteiger partial charge is 0.220 e. The zero-order valence-electron chi connectivity index (χ0n) is 21.6. The maximum atomic E-state index is 12.9. The fourth-order valence-electron chi connectivity index (χ4n) is 4.02. The monoisotopic (exact) mass is 463 g/mol. The van der Waals surface area contributed by atoms with Gasteiger partial charge in [-0.3, -0.25) is 9.18 Å². The average Bonchev–Trinajstić information content (AvgIpc) is 3.22. The summed E-state index contributed by atoms with van der Waals surface area (Å²) in [5.74, 6) is 2.25. The molecule has 7 heteroatoms. The fraction of sp³-hybridized carbons (Fsp3) is 0.731. The maximum Gasteiger partial charge on any atom is 0.220 e. The molecule has 2 aliphatic rings. The minimum absolute atomic E-state index is 0.0142. The quantitative estimate of drug-likeness (QED) is 0.414. The first-order valence-electron chi connectivity index (χ1n) is 12.3. The van der Waals surface area contributed by atoms with Gasteiger partial charge in [0, 0.05) is 30.9 Å². The van der Waals surface area contributed by atoms with Gasteiger partial charge in [0.1, 0.15) is 5.82 Å². The average molecular weight is 464 g/mol. The van der Waals surface area contributed by atoms with Gasteiger partial charge in [-0.1, -0.05) is 26.3 Å². The van der Waals surface area contributed by atoms with Gasteiger partial charge in [-0.05, 0) is 82.6 Å². The molecule has 1 aromatic rings. The van der Waals surface area contributed by atoms with Crippen molar-refractivity contribution >= 4 is 11.6 Å². The second-order valence-electron chi connectivity index (χ2n) is 10.2. The minimum atomic E-state index is -0.210. The van der Waals surface area contributed by atoms with Crippen molar-refractivity contribution in [1.29, 1.82) is 5.41 Å². The van der Waals surface area contributed by atoms with Gasteiger partial charge < -0.3 is 21.4 Å². The van der Waals surface area contributed by atoms with Crippen molar-refractivity contribution in [3.05, 3.63) is 29.4 Å². The molecule has 6 nitrogen and oxygen atoms in total. The number of piperidine rings is 1. The summed E-state index contributed by atoms with van der Waals surface area (Å²) < 4.78 is 12.9. The summed E-state index contributed by atoms with van der Waals surface area (Å²) in [7, 11) is 0. The van der Waals surface area contributed by atoms with Gasteiger partial charge >= 0.3 is 0 Å². The van der Waals surface area contributed by atoms with Gasteiger partial charge in [0.2, 0.25) is 5.91 Å². The van der Waals surface area contributed by atoms with Gasteiger partial charge in [0.05, 0.1) is 12.4 Å². The number of aromatic nitrogens is 2. The third kappa shape index (κ3) is 11.1. The largest absolute Gasteiger partial charge is 0.356 e. The van der Waals surface area contributed by atoms with Gasteiger partial charge in [0.25, 0.3) is 0 Å². The Labute approximate surface area is 199 Å². The molecule has 0 radical (unpaired) electrons. The number of halogens is 1. The van der Waals surface area contributed by atoms with Crippen LogP contribution in [0.15, 0.2) is 17.8 Å². The lowest BCUT2D eigenvalue weighted by Crippen LogP contribution is -2.33. The Morgan fingerprint density at radius 3 is 2.36 bits per heavy atom. The van der Waals surface area contributed by atoms with E-state index >= 15 is 0 Å². The van der Waals surface area contributed by atoms with Crippen LogP contribution in [0.25, 0.3) is 0 Å². The molecule has 3 rings (SSSR count). The van der Waals surface area contributed by atoms with Crippen LogP contribution in [0.4, 0.5) is 4.39 Å². The molecule has 1 aromatic heterocycles. The number of imidazole rings is 1. The highest BCUT2D eigenvalue weighted by molar-refractivity contribution is 5.90. The zero-order chi connectivity index (χ0) is 25.0. The van der Waals surface area contributed by atoms with Crippen molar-refractivity contribution in [1.82, 2.24) is 15.3 Å². The van der Waals surface area contributed by atoms with Crippen LogP contribution in [-0.2, 0) is 4.79 Å². The first-order valence-corrected chi connectivity index (χ1v) is 12.3. The number of aryl methyl sites for hydroxylation is 1. The molecule has 1 aliphatic heterocycles. The molecule has 2 unspecified atom stereocenters. The highest BCUT2D eigenvalue weighted by Gasteiger charge is 2.34. The van der Waals surface area contributed by atoms with Crippen molar-refractivity contribution in [3.63, 3.8) is 0 Å². The first-order chi connectivity index (χ1) is 15.5. The topological polar surface area (TPSA) is 108 Å². The molecule has 1 amide bonds. The standard InChI is InChI=1S/C13H22FN3.C7H13N.C6H11NO/c1-9-16-7-11(17-9)12(15)10-3-5-13(2,8-14)6-4-10;1-4-6(2)5-7(3)8;1-5-2-3-6(8)7-4-5/h7,10,12H,3-6,8,15H2,1-2H3,(H,16,17);5,8H,4H2,1-3H3;5H,2-4H2,1H3,(H,7,8)/b;6-5-,8-7?;. The normalized spacial score (nSPS) is 26.2. The molecule has 5 N–H and O–H groups in total. The van der Waals surface area contributed by atoms with Crippen molar-refractivity contribution in [2.24, 2.45) is 23.0 Å². The number of allylic oxidation sites excluding steroid dienone is 2. The predicted molar refractivity (Wildman–Crippen MR) is 135 cm³/mol. The van der Waals surface area contributed by atoms with E-state index in [0.29, 0.717) is 17.5 Å².